The van der Waals surface area contributed by atoms with Crippen molar-refractivity contribution in [3.8, 4) is 0 Å². The Morgan fingerprint density at radius 1 is 1.45 bits per heavy atom. The lowest BCUT2D eigenvalue weighted by Crippen LogP contribution is -2.47. The molecule has 118 valence electrons. The predicted molar refractivity (Wildman–Crippen MR) is 69.3 cm³/mol. The van der Waals surface area contributed by atoms with E-state index >= 15 is 0 Å². The number of nitrogens with one attached hydrogen (secondary N) is 1. The van der Waals surface area contributed by atoms with Crippen LogP contribution in [0, 0.1) is 5.41 Å². The first-order valence-electron chi connectivity index (χ1n) is 6.93. The van der Waals surface area contributed by atoms with Gasteiger partial charge in [-0.2, -0.15) is 13.2 Å². The number of amides is 1. The number of halogens is 3. The second-order valence-corrected chi connectivity index (χ2v) is 5.38. The Balaban J connectivity index is 2.63. The lowest BCUT2D eigenvalue weighted by molar-refractivity contribution is -0.167. The maximum absolute atomic E-state index is 12.6. The monoisotopic (exact) mass is 296 g/mol. The van der Waals surface area contributed by atoms with Gasteiger partial charge in [-0.1, -0.05) is 0 Å². The third kappa shape index (κ3) is 5.28. The van der Waals surface area contributed by atoms with Crippen LogP contribution in [0.1, 0.15) is 26.7 Å². The molecule has 0 radical (unpaired) electrons. The molecular weight excluding hydrogens is 273 g/mol. The molecule has 7 heteroatoms. The Bertz CT molecular complexity index is 315. The molecule has 0 bridgehead atoms. The fourth-order valence-electron chi connectivity index (χ4n) is 2.35. The second kappa shape index (κ2) is 7.26. The standard InChI is InChI=1S/C13H23F3N2O2/c1-3-20-8-4-7-18(10-13(14,15)16)11(19)12(2)5-6-17-9-12/h17H,3-10H2,1-2H3. The Morgan fingerprint density at radius 3 is 2.65 bits per heavy atom. The van der Waals surface area contributed by atoms with Crippen LogP contribution in [-0.4, -0.2) is 56.4 Å². The van der Waals surface area contributed by atoms with Crippen LogP contribution in [0.3, 0.4) is 0 Å². The average Bonchev–Trinajstić information content (AvgIpc) is 2.79. The zero-order chi connectivity index (χ0) is 15.2. The van der Waals surface area contributed by atoms with Gasteiger partial charge in [-0.15, -0.1) is 0 Å². The van der Waals surface area contributed by atoms with Gasteiger partial charge in [0.15, 0.2) is 0 Å². The van der Waals surface area contributed by atoms with E-state index in [-0.39, 0.29) is 6.54 Å². The second-order valence-electron chi connectivity index (χ2n) is 5.38. The topological polar surface area (TPSA) is 41.6 Å². The van der Waals surface area contributed by atoms with E-state index in [4.69, 9.17) is 4.74 Å². The van der Waals surface area contributed by atoms with Crippen molar-refractivity contribution >= 4 is 5.91 Å². The number of rotatable bonds is 7. The average molecular weight is 296 g/mol. The molecule has 1 amide bonds. The van der Waals surface area contributed by atoms with Crippen molar-refractivity contribution in [2.75, 3.05) is 39.4 Å². The summed E-state index contributed by atoms with van der Waals surface area (Å²) in [6.07, 6.45) is -3.38. The lowest BCUT2D eigenvalue weighted by Gasteiger charge is -2.31. The minimum absolute atomic E-state index is 0.0773. The molecule has 1 unspecified atom stereocenters. The molecule has 0 saturated carbocycles. The van der Waals surface area contributed by atoms with E-state index in [2.05, 4.69) is 5.32 Å². The summed E-state index contributed by atoms with van der Waals surface area (Å²) in [6, 6.07) is 0. The highest BCUT2D eigenvalue weighted by Crippen LogP contribution is 2.29. The van der Waals surface area contributed by atoms with Crippen LogP contribution in [0.25, 0.3) is 0 Å². The number of alkyl halides is 3. The summed E-state index contributed by atoms with van der Waals surface area (Å²) in [7, 11) is 0. The van der Waals surface area contributed by atoms with Gasteiger partial charge in [0.1, 0.15) is 6.54 Å². The van der Waals surface area contributed by atoms with Crippen molar-refractivity contribution in [2.45, 2.75) is 32.9 Å². The minimum Gasteiger partial charge on any atom is -0.382 e. The van der Waals surface area contributed by atoms with Crippen LogP contribution < -0.4 is 5.32 Å². The van der Waals surface area contributed by atoms with Gasteiger partial charge < -0.3 is 15.0 Å². The van der Waals surface area contributed by atoms with E-state index in [9.17, 15) is 18.0 Å². The maximum atomic E-state index is 12.6. The first kappa shape index (κ1) is 17.2. The molecule has 0 aliphatic carbocycles. The van der Waals surface area contributed by atoms with Crippen molar-refractivity contribution < 1.29 is 22.7 Å². The molecule has 1 fully saturated rings. The molecule has 0 aromatic heterocycles. The molecule has 1 heterocycles. The minimum atomic E-state index is -4.37. The molecular formula is C13H23F3N2O2. The Kier molecular flexibility index (Phi) is 6.26. The third-order valence-corrected chi connectivity index (χ3v) is 3.46. The molecule has 1 atom stereocenters. The molecule has 1 rings (SSSR count). The highest BCUT2D eigenvalue weighted by molar-refractivity contribution is 5.83. The van der Waals surface area contributed by atoms with Gasteiger partial charge >= 0.3 is 6.18 Å². The normalized spacial score (nSPS) is 23.1. The largest absolute Gasteiger partial charge is 0.406 e. The summed E-state index contributed by atoms with van der Waals surface area (Å²) < 4.78 is 42.9. The van der Waals surface area contributed by atoms with Gasteiger partial charge in [-0.3, -0.25) is 4.79 Å². The third-order valence-electron chi connectivity index (χ3n) is 3.46. The van der Waals surface area contributed by atoms with E-state index in [0.29, 0.717) is 39.1 Å². The fourth-order valence-corrected chi connectivity index (χ4v) is 2.35. The maximum Gasteiger partial charge on any atom is 0.406 e. The van der Waals surface area contributed by atoms with Crippen molar-refractivity contribution in [3.05, 3.63) is 0 Å². The van der Waals surface area contributed by atoms with Crippen LogP contribution >= 0.6 is 0 Å². The van der Waals surface area contributed by atoms with Gasteiger partial charge in [-0.25, -0.2) is 0 Å². The first-order chi connectivity index (χ1) is 9.28. The van der Waals surface area contributed by atoms with Crippen molar-refractivity contribution in [1.29, 1.82) is 0 Å². The Labute approximate surface area is 117 Å². The van der Waals surface area contributed by atoms with E-state index in [1.807, 2.05) is 6.92 Å². The molecule has 1 aliphatic heterocycles. The van der Waals surface area contributed by atoms with Crippen molar-refractivity contribution in [3.63, 3.8) is 0 Å². The molecule has 1 saturated heterocycles. The number of ether oxygens (including phenoxy) is 1. The van der Waals surface area contributed by atoms with Crippen LogP contribution in [-0.2, 0) is 9.53 Å². The number of carbonyl (C=O) groups is 1. The molecule has 1 aliphatic rings. The fraction of sp³-hybridized carbons (Fsp3) is 0.923. The van der Waals surface area contributed by atoms with Gasteiger partial charge in [0, 0.05) is 26.3 Å². The summed E-state index contributed by atoms with van der Waals surface area (Å²) in [5.41, 5.74) is -0.725. The summed E-state index contributed by atoms with van der Waals surface area (Å²) in [4.78, 5) is 13.3. The smallest absolute Gasteiger partial charge is 0.382 e. The summed E-state index contributed by atoms with van der Waals surface area (Å²) in [5.74, 6) is -0.420. The molecule has 1 N–H and O–H groups in total. The lowest BCUT2D eigenvalue weighted by atomic mass is 9.88. The highest BCUT2D eigenvalue weighted by Gasteiger charge is 2.42. The Hall–Kier alpha value is -0.820. The molecule has 4 nitrogen and oxygen atoms in total. The van der Waals surface area contributed by atoms with Crippen molar-refractivity contribution in [1.82, 2.24) is 10.2 Å². The van der Waals surface area contributed by atoms with Crippen LogP contribution in [0.15, 0.2) is 0 Å². The summed E-state index contributed by atoms with van der Waals surface area (Å²) in [6.45, 7) is 4.43. The number of carbonyl (C=O) groups excluding carboxylic acids is 1. The first-order valence-corrected chi connectivity index (χ1v) is 6.93. The summed E-state index contributed by atoms with van der Waals surface area (Å²) >= 11 is 0. The number of hydrogen-bond donors (Lipinski definition) is 1. The van der Waals surface area contributed by atoms with E-state index in [0.717, 1.165) is 4.90 Å². The van der Waals surface area contributed by atoms with Crippen LogP contribution in [0.5, 0.6) is 0 Å². The summed E-state index contributed by atoms with van der Waals surface area (Å²) in [5, 5.41) is 3.03. The zero-order valence-corrected chi connectivity index (χ0v) is 12.1. The Morgan fingerprint density at radius 2 is 2.15 bits per heavy atom. The zero-order valence-electron chi connectivity index (χ0n) is 12.1. The number of nitrogens with zero attached hydrogens (tertiary/aromatic N) is 1. The molecule has 0 aromatic carbocycles. The molecule has 0 aromatic rings. The quantitative estimate of drug-likeness (QED) is 0.729. The number of hydrogen-bond acceptors (Lipinski definition) is 3. The van der Waals surface area contributed by atoms with Crippen molar-refractivity contribution in [2.24, 2.45) is 5.41 Å². The van der Waals surface area contributed by atoms with Crippen LogP contribution in [0.2, 0.25) is 0 Å². The van der Waals surface area contributed by atoms with Crippen LogP contribution in [0.4, 0.5) is 13.2 Å². The van der Waals surface area contributed by atoms with Gasteiger partial charge in [0.25, 0.3) is 0 Å². The van der Waals surface area contributed by atoms with E-state index in [1.54, 1.807) is 6.92 Å². The predicted octanol–water partition coefficient (Wildman–Crippen LogP) is 1.80. The van der Waals surface area contributed by atoms with Gasteiger partial charge in [-0.05, 0) is 33.2 Å². The van der Waals surface area contributed by atoms with E-state index < -0.39 is 24.0 Å². The van der Waals surface area contributed by atoms with E-state index in [1.165, 1.54) is 0 Å². The SMILES string of the molecule is CCOCCCN(CC(F)(F)F)C(=O)C1(C)CCNC1. The van der Waals surface area contributed by atoms with Gasteiger partial charge in [0.2, 0.25) is 5.91 Å². The molecule has 20 heavy (non-hydrogen) atoms. The molecule has 0 spiro atoms. The highest BCUT2D eigenvalue weighted by atomic mass is 19.4. The van der Waals surface area contributed by atoms with Gasteiger partial charge in [0.05, 0.1) is 5.41 Å².